The van der Waals surface area contributed by atoms with Gasteiger partial charge in [-0.05, 0) is 56.3 Å². The van der Waals surface area contributed by atoms with Crippen LogP contribution in [0.15, 0.2) is 18.2 Å². The summed E-state index contributed by atoms with van der Waals surface area (Å²) in [6.45, 7) is 6.62. The molecule has 19 heavy (non-hydrogen) atoms. The largest absolute Gasteiger partial charge is 0.487 e. The van der Waals surface area contributed by atoms with Crippen LogP contribution < -0.4 is 10.1 Å². The third-order valence-electron chi connectivity index (χ3n) is 4.11. The van der Waals surface area contributed by atoms with E-state index in [2.05, 4.69) is 19.2 Å². The summed E-state index contributed by atoms with van der Waals surface area (Å²) in [7, 11) is 2.02. The Bertz CT molecular complexity index is 435. The second kappa shape index (κ2) is 6.15. The number of nitrogens with one attached hydrogen (secondary N) is 1. The van der Waals surface area contributed by atoms with Crippen molar-refractivity contribution in [2.45, 2.75) is 45.8 Å². The number of halogens is 1. The molecule has 1 fully saturated rings. The van der Waals surface area contributed by atoms with Gasteiger partial charge in [-0.1, -0.05) is 31.5 Å². The fourth-order valence-corrected chi connectivity index (χ4v) is 3.44. The number of likely N-dealkylation sites (N-methyl/N-ethyl adjacent to an activating group) is 1. The summed E-state index contributed by atoms with van der Waals surface area (Å²) < 4.78 is 6.21. The van der Waals surface area contributed by atoms with E-state index in [0.29, 0.717) is 17.0 Å². The minimum absolute atomic E-state index is 0.196. The quantitative estimate of drug-likeness (QED) is 0.902. The van der Waals surface area contributed by atoms with E-state index in [1.807, 2.05) is 32.2 Å². The first-order chi connectivity index (χ1) is 9.01. The first-order valence-electron chi connectivity index (χ1n) is 7.11. The van der Waals surface area contributed by atoms with Crippen LogP contribution in [0.1, 0.15) is 32.3 Å². The summed E-state index contributed by atoms with van der Waals surface area (Å²) in [5.74, 6) is 2.10. The van der Waals surface area contributed by atoms with E-state index >= 15 is 0 Å². The van der Waals surface area contributed by atoms with E-state index in [1.165, 1.54) is 6.42 Å². The number of aryl methyl sites for hydroxylation is 1. The van der Waals surface area contributed by atoms with Crippen LogP contribution in [0.5, 0.6) is 5.75 Å². The molecule has 0 aliphatic heterocycles. The first kappa shape index (κ1) is 14.7. The zero-order valence-electron chi connectivity index (χ0n) is 12.2. The molecule has 0 spiro atoms. The highest BCUT2D eigenvalue weighted by Gasteiger charge is 2.35. The topological polar surface area (TPSA) is 21.3 Å². The van der Waals surface area contributed by atoms with Crippen LogP contribution in [0.4, 0.5) is 0 Å². The lowest BCUT2D eigenvalue weighted by Gasteiger charge is -2.39. The van der Waals surface area contributed by atoms with Crippen molar-refractivity contribution in [2.75, 3.05) is 7.05 Å². The lowest BCUT2D eigenvalue weighted by atomic mass is 9.78. The number of ether oxygens (including phenoxy) is 1. The van der Waals surface area contributed by atoms with E-state index in [-0.39, 0.29) is 6.10 Å². The van der Waals surface area contributed by atoms with Crippen molar-refractivity contribution in [2.24, 2.45) is 11.8 Å². The molecule has 1 aromatic carbocycles. The molecule has 0 heterocycles. The Kier molecular flexibility index (Phi) is 4.75. The number of benzene rings is 1. The molecule has 2 nitrogen and oxygen atoms in total. The van der Waals surface area contributed by atoms with Gasteiger partial charge < -0.3 is 10.1 Å². The minimum Gasteiger partial charge on any atom is -0.487 e. The number of hydrogen-bond acceptors (Lipinski definition) is 2. The molecule has 106 valence electrons. The van der Waals surface area contributed by atoms with Crippen LogP contribution in [-0.2, 0) is 0 Å². The van der Waals surface area contributed by atoms with Crippen molar-refractivity contribution in [3.8, 4) is 5.75 Å². The van der Waals surface area contributed by atoms with Gasteiger partial charge in [0.2, 0.25) is 0 Å². The highest BCUT2D eigenvalue weighted by atomic mass is 35.5. The van der Waals surface area contributed by atoms with E-state index < -0.39 is 0 Å². The monoisotopic (exact) mass is 281 g/mol. The molecule has 4 unspecified atom stereocenters. The molecule has 0 amide bonds. The second-order valence-corrected chi connectivity index (χ2v) is 6.37. The van der Waals surface area contributed by atoms with Crippen LogP contribution in [0.25, 0.3) is 0 Å². The fraction of sp³-hybridized carbons (Fsp3) is 0.625. The summed E-state index contributed by atoms with van der Waals surface area (Å²) in [5, 5.41) is 4.11. The fourth-order valence-electron chi connectivity index (χ4n) is 3.16. The molecule has 1 aliphatic rings. The predicted octanol–water partition coefficient (Wildman–Crippen LogP) is 4.05. The van der Waals surface area contributed by atoms with Crippen molar-refractivity contribution in [1.29, 1.82) is 0 Å². The van der Waals surface area contributed by atoms with Gasteiger partial charge in [-0.15, -0.1) is 0 Å². The summed E-state index contributed by atoms with van der Waals surface area (Å²) in [4.78, 5) is 0. The molecule has 1 aromatic rings. The van der Waals surface area contributed by atoms with Crippen molar-refractivity contribution < 1.29 is 4.74 Å². The molecule has 4 atom stereocenters. The molecule has 1 saturated carbocycles. The highest BCUT2D eigenvalue weighted by molar-refractivity contribution is 6.32. The molecule has 0 radical (unpaired) electrons. The van der Waals surface area contributed by atoms with Gasteiger partial charge in [0.25, 0.3) is 0 Å². The van der Waals surface area contributed by atoms with Crippen molar-refractivity contribution >= 4 is 11.6 Å². The van der Waals surface area contributed by atoms with E-state index in [9.17, 15) is 0 Å². The van der Waals surface area contributed by atoms with Gasteiger partial charge in [0.15, 0.2) is 0 Å². The smallest absolute Gasteiger partial charge is 0.138 e. The van der Waals surface area contributed by atoms with Crippen LogP contribution in [-0.4, -0.2) is 19.2 Å². The van der Waals surface area contributed by atoms with Gasteiger partial charge in [-0.2, -0.15) is 0 Å². The Morgan fingerprint density at radius 2 is 2.00 bits per heavy atom. The average molecular weight is 282 g/mol. The maximum atomic E-state index is 6.27. The lowest BCUT2D eigenvalue weighted by molar-refractivity contribution is 0.0507. The lowest BCUT2D eigenvalue weighted by Crippen LogP contribution is -2.49. The molecule has 1 N–H and O–H groups in total. The normalized spacial score (nSPS) is 31.2. The van der Waals surface area contributed by atoms with Gasteiger partial charge in [0.05, 0.1) is 5.02 Å². The van der Waals surface area contributed by atoms with Crippen LogP contribution in [0, 0.1) is 18.8 Å². The third kappa shape index (κ3) is 3.43. The highest BCUT2D eigenvalue weighted by Crippen LogP contribution is 2.34. The predicted molar refractivity (Wildman–Crippen MR) is 81.0 cm³/mol. The molecule has 0 saturated heterocycles. The average Bonchev–Trinajstić information content (AvgIpc) is 2.34. The third-order valence-corrected chi connectivity index (χ3v) is 4.40. The first-order valence-corrected chi connectivity index (χ1v) is 7.49. The van der Waals surface area contributed by atoms with Crippen molar-refractivity contribution in [3.63, 3.8) is 0 Å². The summed E-state index contributed by atoms with van der Waals surface area (Å²) >= 11 is 6.27. The Labute approximate surface area is 121 Å². The summed E-state index contributed by atoms with van der Waals surface area (Å²) in [6.07, 6.45) is 2.57. The standard InChI is InChI=1S/C16H24ClNO/c1-10-5-6-15(13(17)8-10)19-16-12(3)7-11(2)9-14(16)18-4/h5-6,8,11-12,14,16,18H,7,9H2,1-4H3. The molecule has 0 bridgehead atoms. The van der Waals surface area contributed by atoms with Gasteiger partial charge in [-0.25, -0.2) is 0 Å². The summed E-state index contributed by atoms with van der Waals surface area (Å²) in [6, 6.07) is 6.39. The molecule has 0 aromatic heterocycles. The van der Waals surface area contributed by atoms with Gasteiger partial charge in [0, 0.05) is 6.04 Å². The Morgan fingerprint density at radius 3 is 2.63 bits per heavy atom. The molecule has 1 aliphatic carbocycles. The maximum Gasteiger partial charge on any atom is 0.138 e. The number of rotatable bonds is 3. The van der Waals surface area contributed by atoms with Crippen molar-refractivity contribution in [1.82, 2.24) is 5.32 Å². The second-order valence-electron chi connectivity index (χ2n) is 5.97. The van der Waals surface area contributed by atoms with Crippen LogP contribution in [0.2, 0.25) is 5.02 Å². The van der Waals surface area contributed by atoms with Gasteiger partial charge >= 0.3 is 0 Å². The number of hydrogen-bond donors (Lipinski definition) is 1. The Morgan fingerprint density at radius 1 is 1.26 bits per heavy atom. The maximum absolute atomic E-state index is 6.27. The van der Waals surface area contributed by atoms with E-state index in [0.717, 1.165) is 23.7 Å². The molecule has 3 heteroatoms. The van der Waals surface area contributed by atoms with Crippen molar-refractivity contribution in [3.05, 3.63) is 28.8 Å². The van der Waals surface area contributed by atoms with E-state index in [1.54, 1.807) is 0 Å². The van der Waals surface area contributed by atoms with Crippen LogP contribution >= 0.6 is 11.6 Å². The van der Waals surface area contributed by atoms with E-state index in [4.69, 9.17) is 16.3 Å². The minimum atomic E-state index is 0.196. The zero-order valence-corrected chi connectivity index (χ0v) is 13.0. The zero-order chi connectivity index (χ0) is 14.0. The van der Waals surface area contributed by atoms with Gasteiger partial charge in [-0.3, -0.25) is 0 Å². The SMILES string of the molecule is CNC1CC(C)CC(C)C1Oc1ccc(C)cc1Cl. The molecule has 2 rings (SSSR count). The van der Waals surface area contributed by atoms with Gasteiger partial charge in [0.1, 0.15) is 11.9 Å². The molecular weight excluding hydrogens is 258 g/mol. The Balaban J connectivity index is 2.15. The Hall–Kier alpha value is -0.730. The molecular formula is C16H24ClNO. The summed E-state index contributed by atoms with van der Waals surface area (Å²) in [5.41, 5.74) is 1.16. The van der Waals surface area contributed by atoms with Crippen LogP contribution in [0.3, 0.4) is 0 Å².